The predicted molar refractivity (Wildman–Crippen MR) is 43.2 cm³/mol. The first-order valence-corrected chi connectivity index (χ1v) is 3.69. The standard InChI is InChI=1S/C9H17/c1-5-7-9(4)8(3)6-2/h9H,2-3,5-7H2,1,4H3. The van der Waals surface area contributed by atoms with Gasteiger partial charge in [-0.2, -0.15) is 0 Å². The summed E-state index contributed by atoms with van der Waals surface area (Å²) in [4.78, 5) is 0. The summed E-state index contributed by atoms with van der Waals surface area (Å²) in [6.45, 7) is 12.1. The Hall–Kier alpha value is -0.260. The third-order valence-electron chi connectivity index (χ3n) is 1.74. The number of hydrogen-bond donors (Lipinski definition) is 0. The number of hydrogen-bond acceptors (Lipinski definition) is 0. The molecule has 0 saturated heterocycles. The molecule has 1 atom stereocenters. The van der Waals surface area contributed by atoms with E-state index in [1.165, 1.54) is 18.4 Å². The highest BCUT2D eigenvalue weighted by atomic mass is 14.1. The molecule has 0 aliphatic carbocycles. The average molecular weight is 125 g/mol. The molecule has 0 aromatic carbocycles. The maximum absolute atomic E-state index is 3.93. The topological polar surface area (TPSA) is 0 Å². The van der Waals surface area contributed by atoms with Gasteiger partial charge in [-0.3, -0.25) is 0 Å². The van der Waals surface area contributed by atoms with E-state index in [4.69, 9.17) is 0 Å². The number of rotatable bonds is 4. The molecule has 0 rings (SSSR count). The van der Waals surface area contributed by atoms with Gasteiger partial charge in [-0.05, 0) is 25.7 Å². The lowest BCUT2D eigenvalue weighted by atomic mass is 9.96. The van der Waals surface area contributed by atoms with Gasteiger partial charge in [0.25, 0.3) is 0 Å². The Balaban J connectivity index is 3.45. The molecule has 0 N–H and O–H groups in total. The monoisotopic (exact) mass is 125 g/mol. The summed E-state index contributed by atoms with van der Waals surface area (Å²) in [5, 5.41) is 0. The molecule has 0 saturated carbocycles. The van der Waals surface area contributed by atoms with Crippen LogP contribution in [0.3, 0.4) is 0 Å². The van der Waals surface area contributed by atoms with Crippen LogP contribution in [0.5, 0.6) is 0 Å². The van der Waals surface area contributed by atoms with Crippen molar-refractivity contribution in [1.82, 2.24) is 0 Å². The van der Waals surface area contributed by atoms with Gasteiger partial charge in [0.15, 0.2) is 0 Å². The van der Waals surface area contributed by atoms with Gasteiger partial charge in [-0.25, -0.2) is 0 Å². The van der Waals surface area contributed by atoms with E-state index in [0.717, 1.165) is 6.42 Å². The summed E-state index contributed by atoms with van der Waals surface area (Å²) in [5.41, 5.74) is 1.29. The summed E-state index contributed by atoms with van der Waals surface area (Å²) >= 11 is 0. The molecule has 0 fully saturated rings. The Morgan fingerprint density at radius 1 is 1.56 bits per heavy atom. The second kappa shape index (κ2) is 4.60. The molecule has 0 heterocycles. The Kier molecular flexibility index (Phi) is 4.47. The maximum atomic E-state index is 3.93. The summed E-state index contributed by atoms with van der Waals surface area (Å²) < 4.78 is 0. The summed E-state index contributed by atoms with van der Waals surface area (Å²) in [5.74, 6) is 0.674. The van der Waals surface area contributed by atoms with E-state index in [-0.39, 0.29) is 0 Å². The van der Waals surface area contributed by atoms with Crippen LogP contribution in [0.15, 0.2) is 12.2 Å². The van der Waals surface area contributed by atoms with Crippen molar-refractivity contribution in [2.24, 2.45) is 5.92 Å². The van der Waals surface area contributed by atoms with Crippen molar-refractivity contribution >= 4 is 0 Å². The Bertz CT molecular complexity index is 82.0. The molecule has 0 aliphatic heterocycles. The molecule has 0 aromatic heterocycles. The molecule has 0 nitrogen and oxygen atoms in total. The van der Waals surface area contributed by atoms with Crippen LogP contribution in [0, 0.1) is 12.8 Å². The second-order valence-corrected chi connectivity index (χ2v) is 2.60. The van der Waals surface area contributed by atoms with Crippen molar-refractivity contribution in [2.45, 2.75) is 33.1 Å². The molecule has 53 valence electrons. The first-order chi connectivity index (χ1) is 4.22. The zero-order valence-corrected chi connectivity index (χ0v) is 6.61. The van der Waals surface area contributed by atoms with Gasteiger partial charge < -0.3 is 0 Å². The van der Waals surface area contributed by atoms with Crippen molar-refractivity contribution < 1.29 is 0 Å². The van der Waals surface area contributed by atoms with Crippen molar-refractivity contribution in [3.05, 3.63) is 19.1 Å². The van der Waals surface area contributed by atoms with Gasteiger partial charge in [0.05, 0.1) is 0 Å². The maximum Gasteiger partial charge on any atom is -0.0234 e. The van der Waals surface area contributed by atoms with E-state index in [1.54, 1.807) is 0 Å². The van der Waals surface area contributed by atoms with Crippen LogP contribution in [0.2, 0.25) is 0 Å². The van der Waals surface area contributed by atoms with Crippen molar-refractivity contribution in [3.63, 3.8) is 0 Å². The van der Waals surface area contributed by atoms with Crippen molar-refractivity contribution in [2.75, 3.05) is 0 Å². The fourth-order valence-electron chi connectivity index (χ4n) is 0.884. The highest BCUT2D eigenvalue weighted by molar-refractivity contribution is 4.99. The van der Waals surface area contributed by atoms with Gasteiger partial charge in [-0.1, -0.05) is 32.4 Å². The van der Waals surface area contributed by atoms with Crippen LogP contribution in [-0.4, -0.2) is 0 Å². The van der Waals surface area contributed by atoms with E-state index in [2.05, 4.69) is 27.4 Å². The van der Waals surface area contributed by atoms with E-state index in [0.29, 0.717) is 5.92 Å². The lowest BCUT2D eigenvalue weighted by Gasteiger charge is -2.10. The van der Waals surface area contributed by atoms with E-state index < -0.39 is 0 Å². The van der Waals surface area contributed by atoms with E-state index >= 15 is 0 Å². The fourth-order valence-corrected chi connectivity index (χ4v) is 0.884. The SMILES string of the molecule is [CH2]CC(=C)C(C)CCC. The van der Waals surface area contributed by atoms with Crippen LogP contribution in [0.4, 0.5) is 0 Å². The Labute approximate surface area is 59.0 Å². The van der Waals surface area contributed by atoms with Crippen LogP contribution >= 0.6 is 0 Å². The largest absolute Gasteiger partial charge is 0.0996 e. The molecule has 1 unspecified atom stereocenters. The third-order valence-corrected chi connectivity index (χ3v) is 1.74. The minimum Gasteiger partial charge on any atom is -0.0996 e. The summed E-state index contributed by atoms with van der Waals surface area (Å²) in [6.07, 6.45) is 3.40. The quantitative estimate of drug-likeness (QED) is 0.506. The van der Waals surface area contributed by atoms with Gasteiger partial charge in [0.1, 0.15) is 0 Å². The molecule has 0 heteroatoms. The van der Waals surface area contributed by atoms with Crippen LogP contribution < -0.4 is 0 Å². The van der Waals surface area contributed by atoms with E-state index in [9.17, 15) is 0 Å². The lowest BCUT2D eigenvalue weighted by molar-refractivity contribution is 0.593. The molecule has 0 aliphatic rings. The Morgan fingerprint density at radius 2 is 2.11 bits per heavy atom. The Morgan fingerprint density at radius 3 is 2.44 bits per heavy atom. The van der Waals surface area contributed by atoms with Crippen molar-refractivity contribution in [1.29, 1.82) is 0 Å². The molecule has 0 bridgehead atoms. The lowest BCUT2D eigenvalue weighted by Crippen LogP contribution is -1.95. The van der Waals surface area contributed by atoms with Gasteiger partial charge in [0, 0.05) is 0 Å². The molecule has 0 amide bonds. The van der Waals surface area contributed by atoms with Gasteiger partial charge in [0.2, 0.25) is 0 Å². The highest BCUT2D eigenvalue weighted by Gasteiger charge is 2.01. The normalized spacial score (nSPS) is 13.2. The van der Waals surface area contributed by atoms with Crippen LogP contribution in [0.25, 0.3) is 0 Å². The smallest absolute Gasteiger partial charge is 0.0234 e. The first kappa shape index (κ1) is 8.74. The fraction of sp³-hybridized carbons (Fsp3) is 0.667. The summed E-state index contributed by atoms with van der Waals surface area (Å²) in [7, 11) is 0. The predicted octanol–water partition coefficient (Wildman–Crippen LogP) is 3.20. The second-order valence-electron chi connectivity index (χ2n) is 2.60. The van der Waals surface area contributed by atoms with E-state index in [1.807, 2.05) is 0 Å². The molecule has 0 aromatic rings. The number of allylic oxidation sites excluding steroid dienone is 1. The zero-order chi connectivity index (χ0) is 7.28. The average Bonchev–Trinajstić information content (AvgIpc) is 1.87. The minimum absolute atomic E-state index is 0.674. The molecular formula is C9H17. The minimum atomic E-state index is 0.674. The molecule has 0 spiro atoms. The molecular weight excluding hydrogens is 108 g/mol. The van der Waals surface area contributed by atoms with Crippen molar-refractivity contribution in [3.8, 4) is 0 Å². The molecule has 1 radical (unpaired) electrons. The van der Waals surface area contributed by atoms with Gasteiger partial charge >= 0.3 is 0 Å². The van der Waals surface area contributed by atoms with Crippen LogP contribution in [0.1, 0.15) is 33.1 Å². The first-order valence-electron chi connectivity index (χ1n) is 3.69. The highest BCUT2D eigenvalue weighted by Crippen LogP contribution is 2.16. The summed E-state index contributed by atoms with van der Waals surface area (Å²) in [6, 6.07) is 0. The third kappa shape index (κ3) is 3.34. The van der Waals surface area contributed by atoms with Gasteiger partial charge in [-0.15, -0.1) is 0 Å². The molecule has 9 heavy (non-hydrogen) atoms. The van der Waals surface area contributed by atoms with Crippen LogP contribution in [-0.2, 0) is 0 Å². The zero-order valence-electron chi connectivity index (χ0n) is 6.61.